The third-order valence-corrected chi connectivity index (χ3v) is 6.15. The standard InChI is InChI=1S/C18H18F3N3/c19-18(20,21)12-1-2-14-15(8-12)23-17-11-4-9-3-10(5-11)7-13(6-9)24(17)16(14)22/h1-2,8-11,13,22H,3-7H2. The van der Waals surface area contributed by atoms with Crippen LogP contribution in [0.4, 0.5) is 13.2 Å². The van der Waals surface area contributed by atoms with Crippen LogP contribution in [0.25, 0.3) is 10.9 Å². The molecule has 2 aliphatic heterocycles. The first-order valence-corrected chi connectivity index (χ1v) is 8.58. The highest BCUT2D eigenvalue weighted by Gasteiger charge is 2.43. The lowest BCUT2D eigenvalue weighted by molar-refractivity contribution is -0.137. The Hall–Kier alpha value is -1.85. The molecule has 3 heterocycles. The first-order chi connectivity index (χ1) is 11.4. The van der Waals surface area contributed by atoms with Crippen molar-refractivity contribution in [3.8, 4) is 0 Å². The van der Waals surface area contributed by atoms with Gasteiger partial charge in [-0.15, -0.1) is 0 Å². The van der Waals surface area contributed by atoms with Crippen LogP contribution in [-0.4, -0.2) is 9.55 Å². The number of nitrogens with one attached hydrogen (secondary N) is 1. The van der Waals surface area contributed by atoms with E-state index in [0.717, 1.165) is 43.6 Å². The minimum atomic E-state index is -4.38. The van der Waals surface area contributed by atoms with Crippen molar-refractivity contribution in [1.82, 2.24) is 9.55 Å². The average molecular weight is 333 g/mol. The van der Waals surface area contributed by atoms with E-state index in [2.05, 4.69) is 4.98 Å². The van der Waals surface area contributed by atoms with Crippen molar-refractivity contribution in [3.05, 3.63) is 35.1 Å². The third kappa shape index (κ3) is 1.98. The molecule has 0 amide bonds. The zero-order valence-corrected chi connectivity index (χ0v) is 13.1. The summed E-state index contributed by atoms with van der Waals surface area (Å²) in [5.41, 5.74) is -0.0458. The first-order valence-electron chi connectivity index (χ1n) is 8.58. The van der Waals surface area contributed by atoms with E-state index in [-0.39, 0.29) is 0 Å². The van der Waals surface area contributed by atoms with E-state index >= 15 is 0 Å². The molecule has 2 saturated carbocycles. The minimum absolute atomic E-state index is 0.294. The summed E-state index contributed by atoms with van der Waals surface area (Å²) in [6.07, 6.45) is 1.21. The van der Waals surface area contributed by atoms with Gasteiger partial charge in [-0.3, -0.25) is 5.41 Å². The van der Waals surface area contributed by atoms with Gasteiger partial charge in [0.05, 0.1) is 11.1 Å². The van der Waals surface area contributed by atoms with E-state index in [1.807, 2.05) is 4.57 Å². The zero-order chi connectivity index (χ0) is 16.6. The predicted molar refractivity (Wildman–Crippen MR) is 82.4 cm³/mol. The normalized spacial score (nSPS) is 31.3. The maximum absolute atomic E-state index is 13.0. The number of hydrogen-bond donors (Lipinski definition) is 1. The number of hydrogen-bond acceptors (Lipinski definition) is 2. The fourth-order valence-corrected chi connectivity index (χ4v) is 5.32. The molecular weight excluding hydrogens is 315 g/mol. The Morgan fingerprint density at radius 3 is 2.42 bits per heavy atom. The lowest BCUT2D eigenvalue weighted by Gasteiger charge is -2.37. The zero-order valence-electron chi connectivity index (χ0n) is 13.1. The molecule has 6 rings (SSSR count). The first kappa shape index (κ1) is 14.5. The lowest BCUT2D eigenvalue weighted by atomic mass is 9.68. The summed E-state index contributed by atoms with van der Waals surface area (Å²) in [6.45, 7) is 0. The molecule has 2 atom stereocenters. The van der Waals surface area contributed by atoms with Gasteiger partial charge in [-0.05, 0) is 62.1 Å². The van der Waals surface area contributed by atoms with Crippen LogP contribution in [-0.2, 0) is 6.18 Å². The van der Waals surface area contributed by atoms with Gasteiger partial charge < -0.3 is 4.57 Å². The second-order valence-electron chi connectivity index (χ2n) is 7.68. The number of halogens is 3. The maximum atomic E-state index is 13.0. The molecule has 6 heteroatoms. The molecule has 4 aliphatic rings. The van der Waals surface area contributed by atoms with Crippen LogP contribution in [0, 0.1) is 17.2 Å². The van der Waals surface area contributed by atoms with Crippen molar-refractivity contribution in [1.29, 1.82) is 5.41 Å². The second-order valence-corrected chi connectivity index (χ2v) is 7.68. The fourth-order valence-electron chi connectivity index (χ4n) is 5.32. The van der Waals surface area contributed by atoms with Crippen LogP contribution in [0.15, 0.2) is 18.2 Å². The van der Waals surface area contributed by atoms with Crippen molar-refractivity contribution in [2.75, 3.05) is 0 Å². The molecule has 4 bridgehead atoms. The topological polar surface area (TPSA) is 41.7 Å². The highest BCUT2D eigenvalue weighted by Crippen LogP contribution is 2.52. The summed E-state index contributed by atoms with van der Waals surface area (Å²) < 4.78 is 41.1. The van der Waals surface area contributed by atoms with E-state index in [1.165, 1.54) is 12.5 Å². The highest BCUT2D eigenvalue weighted by molar-refractivity contribution is 5.78. The predicted octanol–water partition coefficient (Wildman–Crippen LogP) is 4.38. The van der Waals surface area contributed by atoms with Gasteiger partial charge in [-0.25, -0.2) is 4.98 Å². The van der Waals surface area contributed by atoms with Gasteiger partial charge in [-0.2, -0.15) is 13.2 Å². The quantitative estimate of drug-likeness (QED) is 0.763. The molecule has 0 radical (unpaired) electrons. The molecule has 1 aromatic heterocycles. The SMILES string of the molecule is N=c1c2ccc(C(F)(F)F)cc2nc2n1C1CC3CC(CC2C3)C1. The van der Waals surface area contributed by atoms with Gasteiger partial charge in [-0.1, -0.05) is 0 Å². The molecule has 126 valence electrons. The Morgan fingerprint density at radius 1 is 1.04 bits per heavy atom. The van der Waals surface area contributed by atoms with E-state index in [1.54, 1.807) is 0 Å². The summed E-state index contributed by atoms with van der Waals surface area (Å²) in [5, 5.41) is 9.14. The number of fused-ring (bicyclic) bond motifs is 1. The van der Waals surface area contributed by atoms with Crippen LogP contribution in [0.5, 0.6) is 0 Å². The smallest absolute Gasteiger partial charge is 0.311 e. The molecule has 2 fully saturated rings. The van der Waals surface area contributed by atoms with E-state index < -0.39 is 11.7 Å². The summed E-state index contributed by atoms with van der Waals surface area (Å²) >= 11 is 0. The summed E-state index contributed by atoms with van der Waals surface area (Å²) in [7, 11) is 0. The van der Waals surface area contributed by atoms with Crippen LogP contribution in [0.1, 0.15) is 55.5 Å². The molecule has 24 heavy (non-hydrogen) atoms. The molecule has 1 aromatic carbocycles. The fraction of sp³-hybridized carbons (Fsp3) is 0.556. The Morgan fingerprint density at radius 2 is 1.75 bits per heavy atom. The van der Waals surface area contributed by atoms with Crippen molar-refractivity contribution >= 4 is 10.9 Å². The molecule has 2 aliphatic carbocycles. The number of rotatable bonds is 0. The van der Waals surface area contributed by atoms with Gasteiger partial charge in [0.1, 0.15) is 11.3 Å². The monoisotopic (exact) mass is 333 g/mol. The van der Waals surface area contributed by atoms with Crippen LogP contribution >= 0.6 is 0 Å². The molecule has 0 saturated heterocycles. The Labute approximate surface area is 137 Å². The average Bonchev–Trinajstić information content (AvgIpc) is 2.68. The maximum Gasteiger partial charge on any atom is 0.416 e. The molecule has 2 aromatic rings. The molecule has 3 nitrogen and oxygen atoms in total. The molecule has 2 unspecified atom stereocenters. The number of nitrogens with zero attached hydrogens (tertiary/aromatic N) is 2. The van der Waals surface area contributed by atoms with Gasteiger partial charge in [0.2, 0.25) is 0 Å². The molecule has 0 spiro atoms. The number of alkyl halides is 3. The van der Waals surface area contributed by atoms with Crippen LogP contribution < -0.4 is 5.49 Å². The Kier molecular flexibility index (Phi) is 2.78. The van der Waals surface area contributed by atoms with Crippen molar-refractivity contribution < 1.29 is 13.2 Å². The van der Waals surface area contributed by atoms with Gasteiger partial charge in [0.15, 0.2) is 0 Å². The van der Waals surface area contributed by atoms with Crippen molar-refractivity contribution in [2.45, 2.75) is 50.2 Å². The van der Waals surface area contributed by atoms with Crippen molar-refractivity contribution in [3.63, 3.8) is 0 Å². The third-order valence-electron chi connectivity index (χ3n) is 6.15. The Balaban J connectivity index is 1.77. The van der Waals surface area contributed by atoms with Gasteiger partial charge in [0.25, 0.3) is 0 Å². The Bertz CT molecular complexity index is 885. The second kappa shape index (κ2) is 4.61. The van der Waals surface area contributed by atoms with Gasteiger partial charge in [0, 0.05) is 17.3 Å². The van der Waals surface area contributed by atoms with Crippen LogP contribution in [0.3, 0.4) is 0 Å². The minimum Gasteiger partial charge on any atom is -0.311 e. The molecular formula is C18H18F3N3. The van der Waals surface area contributed by atoms with E-state index in [0.29, 0.717) is 40.2 Å². The van der Waals surface area contributed by atoms with Gasteiger partial charge >= 0.3 is 6.18 Å². The largest absolute Gasteiger partial charge is 0.416 e. The highest BCUT2D eigenvalue weighted by atomic mass is 19.4. The number of benzene rings is 1. The lowest BCUT2D eigenvalue weighted by Crippen LogP contribution is -2.31. The van der Waals surface area contributed by atoms with E-state index in [9.17, 15) is 13.2 Å². The van der Waals surface area contributed by atoms with Crippen LogP contribution in [0.2, 0.25) is 0 Å². The van der Waals surface area contributed by atoms with Crippen molar-refractivity contribution in [2.24, 2.45) is 11.8 Å². The van der Waals surface area contributed by atoms with E-state index in [4.69, 9.17) is 5.41 Å². The molecule has 1 N–H and O–H groups in total. The summed E-state index contributed by atoms with van der Waals surface area (Å²) in [6, 6.07) is 3.87. The summed E-state index contributed by atoms with van der Waals surface area (Å²) in [5.74, 6) is 2.51. The number of aromatic nitrogens is 2. The summed E-state index contributed by atoms with van der Waals surface area (Å²) in [4.78, 5) is 4.65.